The minimum atomic E-state index is -0.159. The lowest BCUT2D eigenvalue weighted by atomic mass is 10.0. The molecule has 0 saturated heterocycles. The van der Waals surface area contributed by atoms with Crippen molar-refractivity contribution in [3.05, 3.63) is 87.4 Å². The first-order chi connectivity index (χ1) is 14.5. The Morgan fingerprint density at radius 3 is 2.43 bits per heavy atom. The smallest absolute Gasteiger partial charge is 0.256 e. The van der Waals surface area contributed by atoms with Gasteiger partial charge in [0.1, 0.15) is 6.61 Å². The van der Waals surface area contributed by atoms with Crippen LogP contribution in [0.3, 0.4) is 0 Å². The third kappa shape index (κ3) is 4.45. The van der Waals surface area contributed by atoms with Gasteiger partial charge in [0.05, 0.1) is 12.3 Å². The van der Waals surface area contributed by atoms with Crippen molar-refractivity contribution in [2.75, 3.05) is 11.9 Å². The van der Waals surface area contributed by atoms with Gasteiger partial charge in [-0.05, 0) is 60.5 Å². The predicted molar refractivity (Wildman–Crippen MR) is 121 cm³/mol. The molecular weight excluding hydrogens is 421 g/mol. The molecule has 0 unspecified atom stereocenters. The Labute approximate surface area is 185 Å². The normalized spacial score (nSPS) is 13.8. The number of hydrogen-bond donors (Lipinski definition) is 1. The molecule has 1 heterocycles. The second kappa shape index (κ2) is 8.82. The molecule has 0 bridgehead atoms. The van der Waals surface area contributed by atoms with Crippen molar-refractivity contribution in [1.82, 2.24) is 0 Å². The molecule has 0 aromatic heterocycles. The van der Waals surface area contributed by atoms with Crippen LogP contribution >= 0.6 is 23.2 Å². The molecule has 0 radical (unpaired) electrons. The van der Waals surface area contributed by atoms with Gasteiger partial charge in [-0.3, -0.25) is 4.79 Å². The fourth-order valence-electron chi connectivity index (χ4n) is 3.22. The minimum Gasteiger partial charge on any atom is -0.490 e. The van der Waals surface area contributed by atoms with E-state index in [0.29, 0.717) is 46.0 Å². The number of rotatable bonds is 6. The van der Waals surface area contributed by atoms with Crippen molar-refractivity contribution in [3.8, 4) is 11.5 Å². The van der Waals surface area contributed by atoms with Crippen LogP contribution in [0.25, 0.3) is 11.6 Å². The second-order valence-electron chi connectivity index (χ2n) is 6.76. The average molecular weight is 440 g/mol. The van der Waals surface area contributed by atoms with E-state index in [1.807, 2.05) is 61.5 Å². The Morgan fingerprint density at radius 2 is 1.67 bits per heavy atom. The standard InChI is InChI=1S/C24H19Cl2NO3/c1-2-29-23-12-16(5-10-22(23)30-14-15-3-6-17(25)7-4-15)11-20-19-9-8-18(26)13-21(19)27-24(20)28/h3-13H,2,14H2,1H3,(H,27,28)/b20-11+. The number of fused-ring (bicyclic) bond motifs is 1. The van der Waals surface area contributed by atoms with E-state index in [1.54, 1.807) is 12.1 Å². The maximum atomic E-state index is 12.4. The van der Waals surface area contributed by atoms with Crippen molar-refractivity contribution < 1.29 is 14.3 Å². The summed E-state index contributed by atoms with van der Waals surface area (Å²) in [6.45, 7) is 2.81. The topological polar surface area (TPSA) is 47.6 Å². The number of ether oxygens (including phenoxy) is 2. The van der Waals surface area contributed by atoms with Crippen LogP contribution < -0.4 is 14.8 Å². The van der Waals surface area contributed by atoms with Crippen LogP contribution in [0.4, 0.5) is 5.69 Å². The minimum absolute atomic E-state index is 0.159. The van der Waals surface area contributed by atoms with Gasteiger partial charge in [0.15, 0.2) is 11.5 Å². The van der Waals surface area contributed by atoms with E-state index in [0.717, 1.165) is 16.7 Å². The summed E-state index contributed by atoms with van der Waals surface area (Å²) in [4.78, 5) is 12.4. The molecule has 30 heavy (non-hydrogen) atoms. The highest BCUT2D eigenvalue weighted by molar-refractivity contribution is 6.36. The second-order valence-corrected chi connectivity index (χ2v) is 7.63. The molecule has 152 valence electrons. The Bertz CT molecular complexity index is 1120. The lowest BCUT2D eigenvalue weighted by molar-refractivity contribution is -0.110. The van der Waals surface area contributed by atoms with Crippen LogP contribution in [-0.2, 0) is 11.4 Å². The molecule has 4 rings (SSSR count). The van der Waals surface area contributed by atoms with Crippen molar-refractivity contribution in [3.63, 3.8) is 0 Å². The summed E-state index contributed by atoms with van der Waals surface area (Å²) in [5, 5.41) is 4.11. The molecule has 1 amide bonds. The number of halogens is 2. The molecule has 4 nitrogen and oxygen atoms in total. The van der Waals surface area contributed by atoms with E-state index in [-0.39, 0.29) is 5.91 Å². The van der Waals surface area contributed by atoms with Gasteiger partial charge >= 0.3 is 0 Å². The fraction of sp³-hybridized carbons (Fsp3) is 0.125. The first kappa shape index (κ1) is 20.3. The highest BCUT2D eigenvalue weighted by Crippen LogP contribution is 2.36. The molecule has 6 heteroatoms. The van der Waals surface area contributed by atoms with Crippen molar-refractivity contribution in [1.29, 1.82) is 0 Å². The van der Waals surface area contributed by atoms with E-state index >= 15 is 0 Å². The van der Waals surface area contributed by atoms with Gasteiger partial charge in [-0.1, -0.05) is 47.5 Å². The van der Waals surface area contributed by atoms with Crippen LogP contribution in [0.15, 0.2) is 60.7 Å². The lowest BCUT2D eigenvalue weighted by Gasteiger charge is -2.13. The lowest BCUT2D eigenvalue weighted by Crippen LogP contribution is -2.03. The predicted octanol–water partition coefficient (Wildman–Crippen LogP) is 6.46. The summed E-state index contributed by atoms with van der Waals surface area (Å²) in [6.07, 6.45) is 1.83. The van der Waals surface area contributed by atoms with Gasteiger partial charge in [0, 0.05) is 21.2 Å². The molecule has 0 aliphatic carbocycles. The summed E-state index contributed by atoms with van der Waals surface area (Å²) in [5.74, 6) is 1.10. The van der Waals surface area contributed by atoms with E-state index in [9.17, 15) is 4.79 Å². The Morgan fingerprint density at radius 1 is 0.900 bits per heavy atom. The number of hydrogen-bond acceptors (Lipinski definition) is 3. The van der Waals surface area contributed by atoms with Crippen LogP contribution in [0.5, 0.6) is 11.5 Å². The maximum absolute atomic E-state index is 12.4. The molecule has 0 saturated carbocycles. The average Bonchev–Trinajstić information content (AvgIpc) is 3.03. The zero-order valence-electron chi connectivity index (χ0n) is 16.2. The van der Waals surface area contributed by atoms with E-state index in [1.165, 1.54) is 0 Å². The summed E-state index contributed by atoms with van der Waals surface area (Å²) in [7, 11) is 0. The third-order valence-electron chi connectivity index (χ3n) is 4.65. The van der Waals surface area contributed by atoms with Gasteiger partial charge in [0.2, 0.25) is 0 Å². The monoisotopic (exact) mass is 439 g/mol. The number of benzene rings is 3. The van der Waals surface area contributed by atoms with Crippen LogP contribution in [0.2, 0.25) is 10.0 Å². The quantitative estimate of drug-likeness (QED) is 0.448. The first-order valence-electron chi connectivity index (χ1n) is 9.50. The summed E-state index contributed by atoms with van der Waals surface area (Å²) >= 11 is 12.0. The molecular formula is C24H19Cl2NO3. The molecule has 0 spiro atoms. The Hall–Kier alpha value is -2.95. The van der Waals surface area contributed by atoms with Gasteiger partial charge < -0.3 is 14.8 Å². The zero-order valence-corrected chi connectivity index (χ0v) is 17.8. The summed E-state index contributed by atoms with van der Waals surface area (Å²) < 4.78 is 11.7. The number of nitrogens with one attached hydrogen (secondary N) is 1. The molecule has 1 aliphatic heterocycles. The van der Waals surface area contributed by atoms with Crippen molar-refractivity contribution in [2.24, 2.45) is 0 Å². The number of amides is 1. The highest BCUT2D eigenvalue weighted by Gasteiger charge is 2.24. The SMILES string of the molecule is CCOc1cc(/C=C2/C(=O)Nc3cc(Cl)ccc32)ccc1OCc1ccc(Cl)cc1. The summed E-state index contributed by atoms with van der Waals surface area (Å²) in [5.41, 5.74) is 3.97. The Kier molecular flexibility index (Phi) is 5.98. The Balaban J connectivity index is 1.59. The van der Waals surface area contributed by atoms with E-state index in [2.05, 4.69) is 5.32 Å². The number of anilines is 1. The third-order valence-corrected chi connectivity index (χ3v) is 5.14. The largest absolute Gasteiger partial charge is 0.490 e. The summed E-state index contributed by atoms with van der Waals surface area (Å²) in [6, 6.07) is 18.5. The first-order valence-corrected chi connectivity index (χ1v) is 10.3. The number of carbonyl (C=O) groups excluding carboxylic acids is 1. The molecule has 0 atom stereocenters. The molecule has 3 aromatic rings. The van der Waals surface area contributed by atoms with Gasteiger partial charge in [0.25, 0.3) is 5.91 Å². The van der Waals surface area contributed by atoms with Gasteiger partial charge in [-0.15, -0.1) is 0 Å². The molecule has 3 aromatic carbocycles. The number of carbonyl (C=O) groups is 1. The molecule has 0 fully saturated rings. The van der Waals surface area contributed by atoms with Crippen molar-refractivity contribution >= 4 is 46.4 Å². The van der Waals surface area contributed by atoms with Crippen LogP contribution in [0, 0.1) is 0 Å². The van der Waals surface area contributed by atoms with Gasteiger partial charge in [-0.25, -0.2) is 0 Å². The van der Waals surface area contributed by atoms with Crippen LogP contribution in [0.1, 0.15) is 23.6 Å². The zero-order chi connectivity index (χ0) is 21.1. The van der Waals surface area contributed by atoms with E-state index < -0.39 is 0 Å². The highest BCUT2D eigenvalue weighted by atomic mass is 35.5. The molecule has 1 aliphatic rings. The fourth-order valence-corrected chi connectivity index (χ4v) is 3.52. The van der Waals surface area contributed by atoms with Crippen molar-refractivity contribution in [2.45, 2.75) is 13.5 Å². The van der Waals surface area contributed by atoms with Crippen LogP contribution in [-0.4, -0.2) is 12.5 Å². The molecule has 1 N–H and O–H groups in total. The van der Waals surface area contributed by atoms with E-state index in [4.69, 9.17) is 32.7 Å². The van der Waals surface area contributed by atoms with Gasteiger partial charge in [-0.2, -0.15) is 0 Å². The maximum Gasteiger partial charge on any atom is 0.256 e.